The van der Waals surface area contributed by atoms with Crippen LogP contribution in [0.4, 0.5) is 0 Å². The second-order valence-corrected chi connectivity index (χ2v) is 6.56. The molecule has 0 aliphatic rings. The lowest BCUT2D eigenvalue weighted by Crippen LogP contribution is -2.48. The highest BCUT2D eigenvalue weighted by atomic mass is 79.9. The lowest BCUT2D eigenvalue weighted by atomic mass is 10.1. The van der Waals surface area contributed by atoms with E-state index < -0.39 is 23.9 Å². The summed E-state index contributed by atoms with van der Waals surface area (Å²) >= 11 is 3.33. The van der Waals surface area contributed by atoms with Crippen LogP contribution in [-0.2, 0) is 4.79 Å². The molecule has 2 aromatic carbocycles. The normalized spacial score (nSPS) is 11.3. The molecule has 8 heteroatoms. The number of carboxylic acid groups (broad SMARTS) is 1. The molecule has 0 aliphatic heterocycles. The summed E-state index contributed by atoms with van der Waals surface area (Å²) in [7, 11) is 0. The van der Waals surface area contributed by atoms with E-state index in [0.717, 1.165) is 4.47 Å². The van der Waals surface area contributed by atoms with Crippen LogP contribution in [0, 0.1) is 0 Å². The summed E-state index contributed by atoms with van der Waals surface area (Å²) in [4.78, 5) is 35.8. The third-order valence-electron chi connectivity index (χ3n) is 3.64. The minimum Gasteiger partial charge on any atom is -0.481 e. The van der Waals surface area contributed by atoms with E-state index in [1.165, 1.54) is 18.2 Å². The summed E-state index contributed by atoms with van der Waals surface area (Å²) in [5, 5.41) is 9.14. The van der Waals surface area contributed by atoms with Crippen molar-refractivity contribution in [3.8, 4) is 5.75 Å². The molecule has 0 aliphatic carbocycles. The van der Waals surface area contributed by atoms with E-state index in [0.29, 0.717) is 18.6 Å². The van der Waals surface area contributed by atoms with E-state index >= 15 is 0 Å². The lowest BCUT2D eigenvalue weighted by Gasteiger charge is -2.18. The fourth-order valence-electron chi connectivity index (χ4n) is 2.32. The molecule has 142 valence electrons. The Balaban J connectivity index is 2.02. The number of carbonyl (C=O) groups excluding carboxylic acids is 2. The van der Waals surface area contributed by atoms with Gasteiger partial charge in [0.05, 0.1) is 11.1 Å². The van der Waals surface area contributed by atoms with Crippen LogP contribution in [0.25, 0.3) is 0 Å². The predicted molar refractivity (Wildman–Crippen MR) is 102 cm³/mol. The van der Waals surface area contributed by atoms with Gasteiger partial charge in [0.2, 0.25) is 0 Å². The van der Waals surface area contributed by atoms with Gasteiger partial charge >= 0.3 is 5.97 Å². The molecule has 1 atom stereocenters. The molecule has 0 saturated heterocycles. The van der Waals surface area contributed by atoms with Crippen LogP contribution in [0.15, 0.2) is 53.0 Å². The van der Waals surface area contributed by atoms with Gasteiger partial charge in [-0.05, 0) is 42.8 Å². The van der Waals surface area contributed by atoms with Crippen molar-refractivity contribution >= 4 is 33.7 Å². The summed E-state index contributed by atoms with van der Waals surface area (Å²) < 4.78 is 6.58. The molecule has 0 aromatic heterocycles. The van der Waals surface area contributed by atoms with Crippen molar-refractivity contribution in [1.29, 1.82) is 0 Å². The van der Waals surface area contributed by atoms with Crippen LogP contribution >= 0.6 is 15.9 Å². The highest BCUT2D eigenvalue weighted by molar-refractivity contribution is 9.10. The second kappa shape index (κ2) is 9.72. The van der Waals surface area contributed by atoms with Gasteiger partial charge < -0.3 is 9.84 Å². The van der Waals surface area contributed by atoms with Gasteiger partial charge in [-0.2, -0.15) is 0 Å². The first-order valence-electron chi connectivity index (χ1n) is 8.27. The smallest absolute Gasteiger partial charge is 0.336 e. The summed E-state index contributed by atoms with van der Waals surface area (Å²) in [6, 6.07) is 12.8. The molecular formula is C19H19BrN2O5. The molecule has 2 amide bonds. The van der Waals surface area contributed by atoms with Gasteiger partial charge in [0.25, 0.3) is 11.8 Å². The van der Waals surface area contributed by atoms with Gasteiger partial charge in [-0.1, -0.05) is 41.4 Å². The highest BCUT2D eigenvalue weighted by Gasteiger charge is 2.21. The molecule has 0 heterocycles. The van der Waals surface area contributed by atoms with Gasteiger partial charge in [0.15, 0.2) is 6.10 Å². The number of carboxylic acids is 1. The quantitative estimate of drug-likeness (QED) is 0.580. The third-order valence-corrected chi connectivity index (χ3v) is 4.17. The van der Waals surface area contributed by atoms with Crippen molar-refractivity contribution < 1.29 is 24.2 Å². The minimum atomic E-state index is -1.23. The largest absolute Gasteiger partial charge is 0.481 e. The molecule has 0 saturated carbocycles. The number of amides is 2. The average Bonchev–Trinajstić information content (AvgIpc) is 2.67. The first-order valence-corrected chi connectivity index (χ1v) is 9.06. The number of nitrogens with one attached hydrogen (secondary N) is 2. The maximum absolute atomic E-state index is 12.4. The number of hydrazine groups is 1. The Morgan fingerprint density at radius 2 is 1.67 bits per heavy atom. The first-order chi connectivity index (χ1) is 12.9. The Morgan fingerprint density at radius 3 is 2.26 bits per heavy atom. The van der Waals surface area contributed by atoms with Crippen molar-refractivity contribution in [2.75, 3.05) is 0 Å². The van der Waals surface area contributed by atoms with Crippen molar-refractivity contribution in [3.05, 3.63) is 64.1 Å². The maximum atomic E-state index is 12.4. The van der Waals surface area contributed by atoms with Crippen LogP contribution in [0.5, 0.6) is 5.75 Å². The molecule has 27 heavy (non-hydrogen) atoms. The third kappa shape index (κ3) is 5.82. The number of halogens is 1. The minimum absolute atomic E-state index is 0.0498. The number of rotatable bonds is 7. The molecule has 0 fully saturated rings. The molecule has 0 radical (unpaired) electrons. The monoisotopic (exact) mass is 434 g/mol. The van der Waals surface area contributed by atoms with Crippen LogP contribution in [-0.4, -0.2) is 29.0 Å². The number of carbonyl (C=O) groups is 3. The van der Waals surface area contributed by atoms with Crippen LogP contribution in [0.1, 0.15) is 40.5 Å². The van der Waals surface area contributed by atoms with Gasteiger partial charge in [-0.25, -0.2) is 4.79 Å². The standard InChI is InChI=1S/C19H19BrN2O5/c1-2-5-16(27-13-10-8-12(20)9-11-13)18(24)22-21-17(23)14-6-3-4-7-15(14)19(25)26/h3-4,6-11,16H,2,5H2,1H3,(H,21,23)(H,22,24)(H,25,26)/t16-/m0/s1. The fraction of sp³-hybridized carbons (Fsp3) is 0.211. The van der Waals surface area contributed by atoms with Crippen LogP contribution in [0.3, 0.4) is 0 Å². The van der Waals surface area contributed by atoms with Gasteiger partial charge in [-0.3, -0.25) is 20.4 Å². The van der Waals surface area contributed by atoms with E-state index in [9.17, 15) is 14.4 Å². The lowest BCUT2D eigenvalue weighted by molar-refractivity contribution is -0.129. The Hall–Kier alpha value is -2.87. The highest BCUT2D eigenvalue weighted by Crippen LogP contribution is 2.18. The first kappa shape index (κ1) is 20.4. The Morgan fingerprint density at radius 1 is 1.04 bits per heavy atom. The molecule has 0 unspecified atom stereocenters. The zero-order chi connectivity index (χ0) is 19.8. The Kier molecular flexibility index (Phi) is 7.36. The number of hydrogen-bond donors (Lipinski definition) is 3. The van der Waals surface area contributed by atoms with E-state index in [-0.39, 0.29) is 11.1 Å². The average molecular weight is 435 g/mol. The maximum Gasteiger partial charge on any atom is 0.336 e. The number of benzene rings is 2. The van der Waals surface area contributed by atoms with Crippen molar-refractivity contribution in [1.82, 2.24) is 10.9 Å². The van der Waals surface area contributed by atoms with E-state index in [2.05, 4.69) is 26.8 Å². The molecule has 2 aromatic rings. The fourth-order valence-corrected chi connectivity index (χ4v) is 2.58. The van der Waals surface area contributed by atoms with Crippen LogP contribution < -0.4 is 15.6 Å². The van der Waals surface area contributed by atoms with E-state index in [1.54, 1.807) is 30.3 Å². The van der Waals surface area contributed by atoms with Crippen molar-refractivity contribution in [3.63, 3.8) is 0 Å². The molecular weight excluding hydrogens is 416 g/mol. The molecule has 0 bridgehead atoms. The SMILES string of the molecule is CCC[C@H](Oc1ccc(Br)cc1)C(=O)NNC(=O)c1ccccc1C(=O)O. The van der Waals surface area contributed by atoms with Crippen molar-refractivity contribution in [2.45, 2.75) is 25.9 Å². The zero-order valence-corrected chi connectivity index (χ0v) is 16.2. The molecule has 7 nitrogen and oxygen atoms in total. The summed E-state index contributed by atoms with van der Waals surface area (Å²) in [6.07, 6.45) is 0.347. The number of hydrogen-bond acceptors (Lipinski definition) is 4. The van der Waals surface area contributed by atoms with Gasteiger partial charge in [0.1, 0.15) is 5.75 Å². The predicted octanol–water partition coefficient (Wildman–Crippen LogP) is 3.16. The topological polar surface area (TPSA) is 105 Å². The molecule has 3 N–H and O–H groups in total. The van der Waals surface area contributed by atoms with Crippen molar-refractivity contribution in [2.24, 2.45) is 0 Å². The number of aromatic carboxylic acids is 1. The van der Waals surface area contributed by atoms with E-state index in [1.807, 2.05) is 6.92 Å². The molecule has 0 spiro atoms. The van der Waals surface area contributed by atoms with Gasteiger partial charge in [-0.15, -0.1) is 0 Å². The zero-order valence-electron chi connectivity index (χ0n) is 14.6. The molecule has 2 rings (SSSR count). The second-order valence-electron chi connectivity index (χ2n) is 5.64. The summed E-state index contributed by atoms with van der Waals surface area (Å²) in [5.74, 6) is -1.95. The Labute approximate surface area is 164 Å². The number of ether oxygens (including phenoxy) is 1. The van der Waals surface area contributed by atoms with Gasteiger partial charge in [0, 0.05) is 4.47 Å². The van der Waals surface area contributed by atoms with Crippen LogP contribution in [0.2, 0.25) is 0 Å². The van der Waals surface area contributed by atoms with E-state index in [4.69, 9.17) is 9.84 Å². The summed E-state index contributed by atoms with van der Waals surface area (Å²) in [6.45, 7) is 1.91. The summed E-state index contributed by atoms with van der Waals surface area (Å²) in [5.41, 5.74) is 4.33. The Bertz CT molecular complexity index is 823.